The molecule has 2 bridgehead atoms. The number of carbonyl (C=O) groups is 3. The Balaban J connectivity index is 1.27. The van der Waals surface area contributed by atoms with Gasteiger partial charge in [0.25, 0.3) is 5.91 Å². The summed E-state index contributed by atoms with van der Waals surface area (Å²) in [6, 6.07) is 5.35. The predicted octanol–water partition coefficient (Wildman–Crippen LogP) is 4.66. The first-order valence-corrected chi connectivity index (χ1v) is 14.5. The van der Waals surface area contributed by atoms with E-state index in [1.165, 1.54) is 0 Å². The van der Waals surface area contributed by atoms with Gasteiger partial charge in [0, 0.05) is 50.7 Å². The Kier molecular flexibility index (Phi) is 6.62. The highest BCUT2D eigenvalue weighted by Gasteiger charge is 2.59. The van der Waals surface area contributed by atoms with Crippen LogP contribution in [0.2, 0.25) is 0 Å². The fourth-order valence-electron chi connectivity index (χ4n) is 6.77. The van der Waals surface area contributed by atoms with E-state index in [-0.39, 0.29) is 42.3 Å². The highest BCUT2D eigenvalue weighted by atomic mass is 16.4. The number of hydrogen-bond donors (Lipinski definition) is 2. The lowest BCUT2D eigenvalue weighted by atomic mass is 9.71. The molecule has 2 saturated heterocycles. The zero-order chi connectivity index (χ0) is 30.0. The molecule has 5 heterocycles. The van der Waals surface area contributed by atoms with Crippen molar-refractivity contribution < 1.29 is 19.5 Å². The van der Waals surface area contributed by atoms with E-state index < -0.39 is 11.6 Å². The topological polar surface area (TPSA) is 137 Å². The van der Waals surface area contributed by atoms with E-state index in [1.807, 2.05) is 37.5 Å². The lowest BCUT2D eigenvalue weighted by Gasteiger charge is -2.48. The fraction of sp³-hybridized carbons (Fsp3) is 0.533. The molecule has 2 N–H and O–H groups in total. The highest BCUT2D eigenvalue weighted by Crippen LogP contribution is 2.49. The van der Waals surface area contributed by atoms with Crippen LogP contribution in [0.5, 0.6) is 0 Å². The van der Waals surface area contributed by atoms with E-state index in [1.54, 1.807) is 47.3 Å². The van der Waals surface area contributed by atoms with Gasteiger partial charge in [-0.2, -0.15) is 4.98 Å². The smallest absolute Gasteiger partial charge is 0.408 e. The summed E-state index contributed by atoms with van der Waals surface area (Å²) in [5.74, 6) is 0.694. The quantitative estimate of drug-likeness (QED) is 0.449. The number of carbonyl (C=O) groups excluding carboxylic acids is 2. The van der Waals surface area contributed by atoms with Gasteiger partial charge in [-0.25, -0.2) is 14.8 Å². The fourth-order valence-corrected chi connectivity index (χ4v) is 6.77. The standard InChI is InChI=1S/C30H38N8O4/c1-29(2,3)30-12-11-20(38(30)28(41)42)14-24(39)36(17-30)21-9-10-23(31-16-21)33-27-32-15-18-13-22(26(40)35(4)5)37(25(18)34-27)19-7-6-8-19/h9-10,13,15-16,19-20H,6-8,11-12,14,17H2,1-5H3,(H,41,42)(H,31,32,33,34). The second kappa shape index (κ2) is 9.95. The normalized spacial score (nSPS) is 22.7. The van der Waals surface area contributed by atoms with Gasteiger partial charge >= 0.3 is 6.09 Å². The molecule has 2 aliphatic heterocycles. The minimum Gasteiger partial charge on any atom is -0.465 e. The van der Waals surface area contributed by atoms with Crippen LogP contribution >= 0.6 is 0 Å². The maximum absolute atomic E-state index is 13.4. The van der Waals surface area contributed by atoms with Crippen molar-refractivity contribution in [2.75, 3.05) is 30.9 Å². The van der Waals surface area contributed by atoms with Crippen molar-refractivity contribution in [2.24, 2.45) is 5.41 Å². The van der Waals surface area contributed by atoms with E-state index >= 15 is 0 Å². The minimum absolute atomic E-state index is 0.0670. The number of nitrogens with one attached hydrogen (secondary N) is 1. The summed E-state index contributed by atoms with van der Waals surface area (Å²) in [4.78, 5) is 57.2. The Morgan fingerprint density at radius 3 is 2.45 bits per heavy atom. The second-order valence-corrected chi connectivity index (χ2v) is 13.0. The SMILES string of the molecule is CN(C)C(=O)c1cc2cnc(Nc3ccc(N4CC5(C(C)(C)C)CCC(CC4=O)N5C(=O)O)cn3)nc2n1C1CCC1. The van der Waals surface area contributed by atoms with E-state index in [0.29, 0.717) is 41.6 Å². The van der Waals surface area contributed by atoms with Crippen LogP contribution in [0.4, 0.5) is 22.2 Å². The Bertz CT molecular complexity index is 1560. The summed E-state index contributed by atoms with van der Waals surface area (Å²) in [5, 5.41) is 14.1. The molecule has 0 radical (unpaired) electrons. The van der Waals surface area contributed by atoms with Crippen LogP contribution < -0.4 is 10.2 Å². The van der Waals surface area contributed by atoms with Gasteiger partial charge in [-0.05, 0) is 55.7 Å². The molecule has 42 heavy (non-hydrogen) atoms. The highest BCUT2D eigenvalue weighted by molar-refractivity contribution is 5.98. The Labute approximate surface area is 244 Å². The summed E-state index contributed by atoms with van der Waals surface area (Å²) in [7, 11) is 3.49. The second-order valence-electron chi connectivity index (χ2n) is 13.0. The van der Waals surface area contributed by atoms with Crippen molar-refractivity contribution in [3.63, 3.8) is 0 Å². The van der Waals surface area contributed by atoms with Crippen LogP contribution in [0.25, 0.3) is 11.0 Å². The number of anilines is 3. The molecule has 1 aliphatic carbocycles. The van der Waals surface area contributed by atoms with E-state index in [0.717, 1.165) is 24.6 Å². The number of hydrogen-bond acceptors (Lipinski definition) is 7. The third kappa shape index (κ3) is 4.44. The van der Waals surface area contributed by atoms with Gasteiger partial charge < -0.3 is 24.8 Å². The molecule has 3 aromatic rings. The molecule has 0 aromatic carbocycles. The molecule has 222 valence electrons. The number of aromatic nitrogens is 4. The third-order valence-corrected chi connectivity index (χ3v) is 9.39. The first-order valence-electron chi connectivity index (χ1n) is 14.5. The van der Waals surface area contributed by atoms with Gasteiger partial charge in [-0.15, -0.1) is 0 Å². The number of nitrogens with zero attached hydrogens (tertiary/aromatic N) is 7. The largest absolute Gasteiger partial charge is 0.465 e. The molecule has 3 aliphatic rings. The van der Waals surface area contributed by atoms with Gasteiger partial charge in [0.05, 0.1) is 17.4 Å². The van der Waals surface area contributed by atoms with Crippen molar-refractivity contribution in [1.29, 1.82) is 0 Å². The molecule has 3 aromatic heterocycles. The zero-order valence-corrected chi connectivity index (χ0v) is 24.8. The summed E-state index contributed by atoms with van der Waals surface area (Å²) in [5.41, 5.74) is 0.868. The van der Waals surface area contributed by atoms with Crippen LogP contribution in [0.15, 0.2) is 30.6 Å². The molecule has 2 atom stereocenters. The number of rotatable bonds is 5. The molecule has 1 saturated carbocycles. The first-order chi connectivity index (χ1) is 19.9. The average molecular weight is 575 g/mol. The third-order valence-electron chi connectivity index (χ3n) is 9.39. The van der Waals surface area contributed by atoms with Crippen LogP contribution in [0.1, 0.15) is 75.8 Å². The summed E-state index contributed by atoms with van der Waals surface area (Å²) >= 11 is 0. The van der Waals surface area contributed by atoms with Gasteiger partial charge in [-0.1, -0.05) is 20.8 Å². The molecule has 0 spiro atoms. The molecular formula is C30H38N8O4. The molecule has 6 rings (SSSR count). The van der Waals surface area contributed by atoms with Crippen molar-refractivity contribution in [2.45, 2.75) is 76.9 Å². The van der Waals surface area contributed by atoms with Crippen molar-refractivity contribution in [3.05, 3.63) is 36.3 Å². The van der Waals surface area contributed by atoms with Crippen molar-refractivity contribution >= 4 is 46.4 Å². The first kappa shape index (κ1) is 27.9. The minimum atomic E-state index is -0.974. The molecule has 3 amide bonds. The van der Waals surface area contributed by atoms with Crippen molar-refractivity contribution in [3.8, 4) is 0 Å². The van der Waals surface area contributed by atoms with Crippen LogP contribution in [0, 0.1) is 5.41 Å². The zero-order valence-electron chi connectivity index (χ0n) is 24.8. The number of carboxylic acid groups (broad SMARTS) is 1. The van der Waals surface area contributed by atoms with E-state index in [4.69, 9.17) is 4.98 Å². The monoisotopic (exact) mass is 574 g/mol. The van der Waals surface area contributed by atoms with Gasteiger partial charge in [0.1, 0.15) is 17.2 Å². The Morgan fingerprint density at radius 1 is 1.10 bits per heavy atom. The van der Waals surface area contributed by atoms with E-state index in [9.17, 15) is 19.5 Å². The lowest BCUT2D eigenvalue weighted by Crippen LogP contribution is -2.61. The summed E-state index contributed by atoms with van der Waals surface area (Å²) in [6.45, 7) is 6.41. The molecule has 2 unspecified atom stereocenters. The predicted molar refractivity (Wildman–Crippen MR) is 158 cm³/mol. The van der Waals surface area contributed by atoms with E-state index in [2.05, 4.69) is 15.3 Å². The Morgan fingerprint density at radius 2 is 1.86 bits per heavy atom. The number of fused-ring (bicyclic) bond motifs is 3. The van der Waals surface area contributed by atoms with Gasteiger partial charge in [-0.3, -0.25) is 14.5 Å². The van der Waals surface area contributed by atoms with Crippen LogP contribution in [-0.2, 0) is 4.79 Å². The maximum atomic E-state index is 13.4. The van der Waals surface area contributed by atoms with Crippen LogP contribution in [-0.4, -0.2) is 84.6 Å². The maximum Gasteiger partial charge on any atom is 0.408 e. The average Bonchev–Trinajstić information content (AvgIpc) is 3.41. The van der Waals surface area contributed by atoms with Crippen molar-refractivity contribution in [1.82, 2.24) is 29.3 Å². The summed E-state index contributed by atoms with van der Waals surface area (Å²) < 4.78 is 2.04. The molecule has 3 fully saturated rings. The molecule has 12 heteroatoms. The summed E-state index contributed by atoms with van der Waals surface area (Å²) in [6.07, 6.45) is 7.04. The lowest BCUT2D eigenvalue weighted by molar-refractivity contribution is -0.119. The van der Waals surface area contributed by atoms with Crippen LogP contribution in [0.3, 0.4) is 0 Å². The van der Waals surface area contributed by atoms with Gasteiger partial charge in [0.2, 0.25) is 11.9 Å². The Hall–Kier alpha value is -4.22. The molecular weight excluding hydrogens is 536 g/mol. The number of amides is 3. The number of pyridine rings is 1. The molecule has 12 nitrogen and oxygen atoms in total. The van der Waals surface area contributed by atoms with Gasteiger partial charge in [0.15, 0.2) is 0 Å².